The van der Waals surface area contributed by atoms with E-state index in [2.05, 4.69) is 10.3 Å². The van der Waals surface area contributed by atoms with E-state index in [0.29, 0.717) is 13.0 Å². The van der Waals surface area contributed by atoms with Gasteiger partial charge >= 0.3 is 12.1 Å². The van der Waals surface area contributed by atoms with Crippen molar-refractivity contribution in [3.8, 4) is 0 Å². The Hall–Kier alpha value is -2.11. The van der Waals surface area contributed by atoms with E-state index < -0.39 is 17.7 Å². The Bertz CT molecular complexity index is 487. The summed E-state index contributed by atoms with van der Waals surface area (Å²) in [4.78, 5) is 27.5. The Morgan fingerprint density at radius 3 is 2.73 bits per heavy atom. The summed E-state index contributed by atoms with van der Waals surface area (Å²) in [5.41, 5.74) is 0.291. The average molecular weight is 308 g/mol. The summed E-state index contributed by atoms with van der Waals surface area (Å²) in [5.74, 6) is -0.442. The number of allylic oxidation sites excluding steroid dienone is 1. The minimum Gasteiger partial charge on any atom is -0.463 e. The van der Waals surface area contributed by atoms with Crippen LogP contribution in [-0.2, 0) is 14.3 Å². The molecule has 0 aromatic carbocycles. The quantitative estimate of drug-likeness (QED) is 0.604. The van der Waals surface area contributed by atoms with Crippen molar-refractivity contribution in [2.24, 2.45) is 4.99 Å². The van der Waals surface area contributed by atoms with E-state index in [1.807, 2.05) is 6.08 Å². The van der Waals surface area contributed by atoms with Crippen LogP contribution in [0.3, 0.4) is 0 Å². The Morgan fingerprint density at radius 2 is 2.18 bits per heavy atom. The number of nitrogens with one attached hydrogen (secondary N) is 1. The highest BCUT2D eigenvalue weighted by Crippen LogP contribution is 2.14. The predicted octanol–water partition coefficient (Wildman–Crippen LogP) is 2.75. The highest BCUT2D eigenvalue weighted by molar-refractivity contribution is 5.82. The second-order valence-corrected chi connectivity index (χ2v) is 5.81. The van der Waals surface area contributed by atoms with E-state index in [1.165, 1.54) is 6.08 Å². The zero-order valence-electron chi connectivity index (χ0n) is 13.6. The highest BCUT2D eigenvalue weighted by Gasteiger charge is 2.19. The van der Waals surface area contributed by atoms with E-state index in [0.717, 1.165) is 12.1 Å². The first-order valence-corrected chi connectivity index (χ1v) is 7.36. The number of ether oxygens (including phenoxy) is 2. The monoisotopic (exact) mass is 308 g/mol. The summed E-state index contributed by atoms with van der Waals surface area (Å²) in [6.45, 7) is 7.42. The van der Waals surface area contributed by atoms with Crippen molar-refractivity contribution in [1.82, 2.24) is 5.32 Å². The van der Waals surface area contributed by atoms with E-state index in [-0.39, 0.29) is 6.04 Å². The lowest BCUT2D eigenvalue weighted by Gasteiger charge is -2.22. The van der Waals surface area contributed by atoms with Crippen molar-refractivity contribution in [3.05, 3.63) is 23.9 Å². The fourth-order valence-corrected chi connectivity index (χ4v) is 1.78. The molecular weight excluding hydrogens is 284 g/mol. The van der Waals surface area contributed by atoms with Crippen LogP contribution in [0.1, 0.15) is 40.5 Å². The third kappa shape index (κ3) is 7.61. The summed E-state index contributed by atoms with van der Waals surface area (Å²) in [6, 6.07) is -0.388. The molecule has 22 heavy (non-hydrogen) atoms. The summed E-state index contributed by atoms with van der Waals surface area (Å²) in [7, 11) is 0. The molecule has 1 rings (SSSR count). The molecular formula is C16H24N2O4. The lowest BCUT2D eigenvalue weighted by Crippen LogP contribution is -2.38. The number of esters is 1. The minimum atomic E-state index is -0.579. The number of carbonyl (C=O) groups is 2. The van der Waals surface area contributed by atoms with E-state index >= 15 is 0 Å². The molecule has 1 heterocycles. The van der Waals surface area contributed by atoms with Gasteiger partial charge in [-0.15, -0.1) is 0 Å². The number of alkyl carbamates (subject to hydrolysis) is 1. The largest absolute Gasteiger partial charge is 0.463 e. The molecule has 6 heteroatoms. The van der Waals surface area contributed by atoms with E-state index in [9.17, 15) is 9.59 Å². The zero-order valence-corrected chi connectivity index (χ0v) is 13.6. The molecule has 6 nitrogen and oxygen atoms in total. The maximum absolute atomic E-state index is 11.9. The van der Waals surface area contributed by atoms with Crippen LogP contribution in [0, 0.1) is 0 Å². The highest BCUT2D eigenvalue weighted by atomic mass is 16.6. The molecule has 0 fully saturated rings. The lowest BCUT2D eigenvalue weighted by atomic mass is 10.1. The first kappa shape index (κ1) is 17.9. The van der Waals surface area contributed by atoms with Gasteiger partial charge in [0.15, 0.2) is 0 Å². The number of nitrogens with zero attached hydrogens (tertiary/aromatic N) is 1. The van der Waals surface area contributed by atoms with Crippen molar-refractivity contribution in [2.45, 2.75) is 52.2 Å². The normalized spacial score (nSPS) is 15.5. The van der Waals surface area contributed by atoms with Crippen LogP contribution in [0.15, 0.2) is 28.9 Å². The first-order chi connectivity index (χ1) is 10.3. The van der Waals surface area contributed by atoms with Crippen LogP contribution in [-0.4, -0.2) is 36.5 Å². The van der Waals surface area contributed by atoms with Gasteiger partial charge in [-0.25, -0.2) is 9.59 Å². The molecule has 1 aliphatic rings. The predicted molar refractivity (Wildman–Crippen MR) is 84.7 cm³/mol. The zero-order chi connectivity index (χ0) is 16.6. The first-order valence-electron chi connectivity index (χ1n) is 7.36. The Kier molecular flexibility index (Phi) is 6.82. The molecule has 0 radical (unpaired) electrons. The maximum atomic E-state index is 11.9. The Morgan fingerprint density at radius 1 is 1.45 bits per heavy atom. The van der Waals surface area contributed by atoms with Gasteiger partial charge in [-0.1, -0.05) is 12.2 Å². The van der Waals surface area contributed by atoms with Crippen LogP contribution in [0.2, 0.25) is 0 Å². The molecule has 1 atom stereocenters. The molecule has 1 amide bonds. The van der Waals surface area contributed by atoms with Crippen LogP contribution in [0.5, 0.6) is 0 Å². The van der Waals surface area contributed by atoms with Gasteiger partial charge in [-0.3, -0.25) is 4.99 Å². The van der Waals surface area contributed by atoms with Gasteiger partial charge in [0.2, 0.25) is 0 Å². The Labute approximate surface area is 131 Å². The van der Waals surface area contributed by atoms with Crippen LogP contribution < -0.4 is 5.32 Å². The second-order valence-electron chi connectivity index (χ2n) is 5.81. The molecule has 1 N–H and O–H groups in total. The van der Waals surface area contributed by atoms with Gasteiger partial charge in [0.25, 0.3) is 0 Å². The van der Waals surface area contributed by atoms with Gasteiger partial charge in [-0.2, -0.15) is 0 Å². The third-order valence-electron chi connectivity index (χ3n) is 2.60. The summed E-state index contributed by atoms with van der Waals surface area (Å²) in [6.07, 6.45) is 7.42. The molecule has 0 saturated heterocycles. The number of rotatable bonds is 6. The van der Waals surface area contributed by atoms with Crippen LogP contribution >= 0.6 is 0 Å². The number of hydrogen-bond donors (Lipinski definition) is 1. The fraction of sp³-hybridized carbons (Fsp3) is 0.562. The van der Waals surface area contributed by atoms with Gasteiger partial charge in [0.05, 0.1) is 12.6 Å². The molecule has 0 aromatic heterocycles. The smallest absolute Gasteiger partial charge is 0.408 e. The van der Waals surface area contributed by atoms with Crippen molar-refractivity contribution in [1.29, 1.82) is 0 Å². The van der Waals surface area contributed by atoms with Crippen molar-refractivity contribution < 1.29 is 19.1 Å². The van der Waals surface area contributed by atoms with Gasteiger partial charge < -0.3 is 14.8 Å². The molecule has 0 saturated carbocycles. The molecule has 1 aliphatic heterocycles. The maximum Gasteiger partial charge on any atom is 0.408 e. The van der Waals surface area contributed by atoms with Crippen LogP contribution in [0.25, 0.3) is 0 Å². The molecule has 0 unspecified atom stereocenters. The summed E-state index contributed by atoms with van der Waals surface area (Å²) in [5, 5.41) is 2.73. The van der Waals surface area contributed by atoms with Gasteiger partial charge in [0.1, 0.15) is 5.60 Å². The standard InChI is InChI=1S/C16H24N2O4/c1-5-21-14(19)9-8-13(11-12-7-6-10-17-12)18-15(20)22-16(2,3)4/h7-10,13H,5-6,11H2,1-4H3,(H,18,20)/b9-8+/t13-/m0/s1. The van der Waals surface area contributed by atoms with E-state index in [4.69, 9.17) is 9.47 Å². The lowest BCUT2D eigenvalue weighted by molar-refractivity contribution is -0.137. The molecule has 122 valence electrons. The summed E-state index contributed by atoms with van der Waals surface area (Å²) >= 11 is 0. The fourth-order valence-electron chi connectivity index (χ4n) is 1.78. The number of carbonyl (C=O) groups excluding carboxylic acids is 2. The topological polar surface area (TPSA) is 77.0 Å². The number of aliphatic imine (C=N–C) groups is 1. The van der Waals surface area contributed by atoms with Gasteiger partial charge in [-0.05, 0) is 27.7 Å². The van der Waals surface area contributed by atoms with Crippen molar-refractivity contribution >= 4 is 18.3 Å². The van der Waals surface area contributed by atoms with Crippen molar-refractivity contribution in [2.75, 3.05) is 6.61 Å². The number of amides is 1. The SMILES string of the molecule is CCOC(=O)/C=C/[C@@H](CC1=CCC=N1)NC(=O)OC(C)(C)C. The van der Waals surface area contributed by atoms with Crippen molar-refractivity contribution in [3.63, 3.8) is 0 Å². The Balaban J connectivity index is 2.66. The molecule has 0 spiro atoms. The second kappa shape index (κ2) is 8.36. The van der Waals surface area contributed by atoms with E-state index in [1.54, 1.807) is 40.0 Å². The molecule has 0 bridgehead atoms. The molecule has 0 aromatic rings. The number of hydrogen-bond acceptors (Lipinski definition) is 5. The van der Waals surface area contributed by atoms with Crippen LogP contribution in [0.4, 0.5) is 4.79 Å². The minimum absolute atomic E-state index is 0.308. The molecule has 0 aliphatic carbocycles. The van der Waals surface area contributed by atoms with Gasteiger partial charge in [0, 0.05) is 30.8 Å². The third-order valence-corrected chi connectivity index (χ3v) is 2.60. The average Bonchev–Trinajstić information content (AvgIpc) is 2.87. The summed E-state index contributed by atoms with van der Waals surface area (Å²) < 4.78 is 10.1.